The van der Waals surface area contributed by atoms with Gasteiger partial charge in [-0.1, -0.05) is 60.7 Å². The molecule has 0 aromatic heterocycles. The lowest BCUT2D eigenvalue weighted by atomic mass is 10.0. The monoisotopic (exact) mass is 327 g/mol. The zero-order chi connectivity index (χ0) is 16.5. The lowest BCUT2D eigenvalue weighted by Gasteiger charge is -2.15. The third-order valence-electron chi connectivity index (χ3n) is 3.35. The van der Waals surface area contributed by atoms with E-state index in [0.29, 0.717) is 6.42 Å². The maximum atomic E-state index is 12.0. The molecule has 0 fully saturated rings. The molecule has 0 heterocycles. The minimum atomic E-state index is -0.622. The van der Waals surface area contributed by atoms with Crippen LogP contribution in [0.2, 0.25) is 0 Å². The van der Waals surface area contributed by atoms with E-state index < -0.39 is 6.04 Å². The molecule has 1 amide bonds. The fourth-order valence-electron chi connectivity index (χ4n) is 2.14. The van der Waals surface area contributed by atoms with Crippen molar-refractivity contribution >= 4 is 29.4 Å². The first-order chi connectivity index (χ1) is 11.2. The van der Waals surface area contributed by atoms with Gasteiger partial charge in [0.15, 0.2) is 5.78 Å². The van der Waals surface area contributed by atoms with E-state index in [1.54, 1.807) is 6.08 Å². The van der Waals surface area contributed by atoms with E-state index in [2.05, 4.69) is 5.32 Å². The van der Waals surface area contributed by atoms with E-state index >= 15 is 0 Å². The lowest BCUT2D eigenvalue weighted by Crippen LogP contribution is -2.42. The fourth-order valence-corrected chi connectivity index (χ4v) is 2.33. The van der Waals surface area contributed by atoms with E-state index in [-0.39, 0.29) is 17.6 Å². The van der Waals surface area contributed by atoms with Crippen LogP contribution in [0.15, 0.2) is 66.7 Å². The summed E-state index contributed by atoms with van der Waals surface area (Å²) < 4.78 is 0. The largest absolute Gasteiger partial charge is 0.342 e. The minimum absolute atomic E-state index is 0.125. The number of halogens is 1. The van der Waals surface area contributed by atoms with Crippen molar-refractivity contribution in [2.24, 2.45) is 0 Å². The molecule has 2 rings (SSSR count). The summed E-state index contributed by atoms with van der Waals surface area (Å²) >= 11 is 5.65. The standard InChI is InChI=1S/C19H18ClNO2/c20-14-18(22)17(13-16-9-5-2-6-10-16)21-19(23)12-11-15-7-3-1-4-8-15/h1-12,17H,13-14H2,(H,21,23)/b12-11+/t17-/m0/s1. The summed E-state index contributed by atoms with van der Waals surface area (Å²) in [5, 5.41) is 2.73. The van der Waals surface area contributed by atoms with Crippen molar-refractivity contribution in [2.45, 2.75) is 12.5 Å². The van der Waals surface area contributed by atoms with Crippen molar-refractivity contribution < 1.29 is 9.59 Å². The lowest BCUT2D eigenvalue weighted by molar-refractivity contribution is -0.124. The molecular weight excluding hydrogens is 310 g/mol. The van der Waals surface area contributed by atoms with Gasteiger partial charge in [-0.3, -0.25) is 9.59 Å². The first-order valence-electron chi connectivity index (χ1n) is 7.35. The van der Waals surface area contributed by atoms with Crippen LogP contribution in [0.1, 0.15) is 11.1 Å². The van der Waals surface area contributed by atoms with E-state index in [0.717, 1.165) is 11.1 Å². The molecule has 0 unspecified atom stereocenters. The molecule has 2 aromatic carbocycles. The predicted octanol–water partition coefficient (Wildman–Crippen LogP) is 3.24. The van der Waals surface area contributed by atoms with Gasteiger partial charge in [0.05, 0.1) is 11.9 Å². The van der Waals surface area contributed by atoms with E-state index in [4.69, 9.17) is 11.6 Å². The SMILES string of the molecule is O=C(/C=C/c1ccccc1)N[C@@H](Cc1ccccc1)C(=O)CCl. The molecule has 1 N–H and O–H groups in total. The summed E-state index contributed by atoms with van der Waals surface area (Å²) in [5.74, 6) is -0.634. The number of nitrogens with one attached hydrogen (secondary N) is 1. The molecule has 0 aliphatic rings. The number of benzene rings is 2. The molecule has 0 saturated heterocycles. The number of carbonyl (C=O) groups excluding carboxylic acids is 2. The number of rotatable bonds is 7. The van der Waals surface area contributed by atoms with Gasteiger partial charge in [0.2, 0.25) is 5.91 Å². The van der Waals surface area contributed by atoms with Crippen LogP contribution >= 0.6 is 11.6 Å². The zero-order valence-corrected chi connectivity index (χ0v) is 13.4. The summed E-state index contributed by atoms with van der Waals surface area (Å²) in [6.07, 6.45) is 3.56. The Morgan fingerprint density at radius 1 is 1.00 bits per heavy atom. The van der Waals surface area contributed by atoms with Crippen molar-refractivity contribution in [3.8, 4) is 0 Å². The van der Waals surface area contributed by atoms with Crippen molar-refractivity contribution in [2.75, 3.05) is 5.88 Å². The van der Waals surface area contributed by atoms with Crippen LogP contribution < -0.4 is 5.32 Å². The second kappa shape index (κ2) is 8.91. The molecule has 0 spiro atoms. The molecule has 3 nitrogen and oxygen atoms in total. The maximum absolute atomic E-state index is 12.0. The molecule has 23 heavy (non-hydrogen) atoms. The molecule has 4 heteroatoms. The highest BCUT2D eigenvalue weighted by Gasteiger charge is 2.19. The quantitative estimate of drug-likeness (QED) is 0.627. The van der Waals surface area contributed by atoms with Gasteiger partial charge in [0, 0.05) is 6.08 Å². The first kappa shape index (κ1) is 17.0. The number of hydrogen-bond acceptors (Lipinski definition) is 2. The third-order valence-corrected chi connectivity index (χ3v) is 3.61. The Labute approximate surface area is 141 Å². The minimum Gasteiger partial charge on any atom is -0.342 e. The molecule has 0 aliphatic carbocycles. The van der Waals surface area contributed by atoms with E-state index in [1.165, 1.54) is 6.08 Å². The Kier molecular flexibility index (Phi) is 6.57. The highest BCUT2D eigenvalue weighted by Crippen LogP contribution is 2.06. The van der Waals surface area contributed by atoms with Gasteiger partial charge >= 0.3 is 0 Å². The average Bonchev–Trinajstić information content (AvgIpc) is 2.60. The molecule has 0 saturated carbocycles. The molecule has 0 aliphatic heterocycles. The number of amides is 1. The smallest absolute Gasteiger partial charge is 0.244 e. The van der Waals surface area contributed by atoms with Gasteiger partial charge in [0.25, 0.3) is 0 Å². The Morgan fingerprint density at radius 3 is 2.22 bits per heavy atom. The Balaban J connectivity index is 2.01. The Hall–Kier alpha value is -2.39. The molecule has 0 radical (unpaired) electrons. The molecule has 118 valence electrons. The highest BCUT2D eigenvalue weighted by atomic mass is 35.5. The highest BCUT2D eigenvalue weighted by molar-refractivity contribution is 6.28. The van der Waals surface area contributed by atoms with Gasteiger partial charge < -0.3 is 5.32 Å². The van der Waals surface area contributed by atoms with Crippen LogP contribution in [0.3, 0.4) is 0 Å². The topological polar surface area (TPSA) is 46.2 Å². The van der Waals surface area contributed by atoms with Crippen LogP contribution in [0.25, 0.3) is 6.08 Å². The van der Waals surface area contributed by atoms with Gasteiger partial charge in [0.1, 0.15) is 0 Å². The van der Waals surface area contributed by atoms with Crippen molar-refractivity contribution in [1.29, 1.82) is 0 Å². The Morgan fingerprint density at radius 2 is 1.61 bits per heavy atom. The van der Waals surface area contributed by atoms with Crippen LogP contribution in [0, 0.1) is 0 Å². The van der Waals surface area contributed by atoms with Crippen LogP contribution in [-0.2, 0) is 16.0 Å². The summed E-state index contributed by atoms with van der Waals surface area (Å²) in [6, 6.07) is 18.4. The molecule has 1 atom stereocenters. The van der Waals surface area contributed by atoms with Crippen LogP contribution in [0.5, 0.6) is 0 Å². The van der Waals surface area contributed by atoms with Crippen molar-refractivity contribution in [1.82, 2.24) is 5.32 Å². The fraction of sp³-hybridized carbons (Fsp3) is 0.158. The summed E-state index contributed by atoms with van der Waals surface area (Å²) in [5.41, 5.74) is 1.90. The zero-order valence-electron chi connectivity index (χ0n) is 12.6. The van der Waals surface area contributed by atoms with Gasteiger partial charge in [-0.05, 0) is 23.6 Å². The third kappa shape index (κ3) is 5.72. The molecule has 2 aromatic rings. The first-order valence-corrected chi connectivity index (χ1v) is 7.88. The van der Waals surface area contributed by atoms with Gasteiger partial charge in [-0.2, -0.15) is 0 Å². The normalized spacial score (nSPS) is 12.0. The van der Waals surface area contributed by atoms with Crippen LogP contribution in [0.4, 0.5) is 0 Å². The second-order valence-corrected chi connectivity index (χ2v) is 5.36. The second-order valence-electron chi connectivity index (χ2n) is 5.09. The number of carbonyl (C=O) groups is 2. The molecule has 0 bridgehead atoms. The number of Topliss-reactive ketones (excluding diaryl/α,β-unsaturated/α-hetero) is 1. The predicted molar refractivity (Wildman–Crippen MR) is 93.3 cm³/mol. The van der Waals surface area contributed by atoms with Crippen molar-refractivity contribution in [3.63, 3.8) is 0 Å². The van der Waals surface area contributed by atoms with Crippen molar-refractivity contribution in [3.05, 3.63) is 77.9 Å². The van der Waals surface area contributed by atoms with E-state index in [9.17, 15) is 9.59 Å². The van der Waals surface area contributed by atoms with Gasteiger partial charge in [-0.25, -0.2) is 0 Å². The Bertz CT molecular complexity index is 668. The summed E-state index contributed by atoms with van der Waals surface area (Å²) in [7, 11) is 0. The summed E-state index contributed by atoms with van der Waals surface area (Å²) in [6.45, 7) is 0. The molecular formula is C19H18ClNO2. The number of hydrogen-bond donors (Lipinski definition) is 1. The summed E-state index contributed by atoms with van der Waals surface area (Å²) in [4.78, 5) is 24.0. The van der Waals surface area contributed by atoms with Gasteiger partial charge in [-0.15, -0.1) is 11.6 Å². The maximum Gasteiger partial charge on any atom is 0.244 e. The average molecular weight is 328 g/mol. The van der Waals surface area contributed by atoms with Crippen LogP contribution in [-0.4, -0.2) is 23.6 Å². The number of ketones is 1. The number of alkyl halides is 1. The van der Waals surface area contributed by atoms with E-state index in [1.807, 2.05) is 60.7 Å².